The molecule has 46 valence electrons. The van der Waals surface area contributed by atoms with Crippen LogP contribution in [0.2, 0.25) is 0 Å². The van der Waals surface area contributed by atoms with Crippen LogP contribution in [0.1, 0.15) is 13.8 Å². The summed E-state index contributed by atoms with van der Waals surface area (Å²) >= 11 is 0. The molecule has 0 aromatic carbocycles. The van der Waals surface area contributed by atoms with Crippen molar-refractivity contribution in [2.24, 2.45) is 10.1 Å². The summed E-state index contributed by atoms with van der Waals surface area (Å²) in [5, 5.41) is 3.74. The maximum Gasteiger partial charge on any atom is 0.113 e. The van der Waals surface area contributed by atoms with Crippen LogP contribution in [0.5, 0.6) is 0 Å². The number of nitrogens with zero attached hydrogens (tertiary/aromatic N) is 2. The fourth-order valence-electron chi connectivity index (χ4n) is 0.208. The number of rotatable bonds is 1. The number of hydrazone groups is 1. The molecular formula is C5H11N3. The van der Waals surface area contributed by atoms with Crippen molar-refractivity contribution in [3.8, 4) is 0 Å². The Morgan fingerprint density at radius 3 is 2.62 bits per heavy atom. The molecule has 1 N–H and O–H groups in total. The molecule has 8 heavy (non-hydrogen) atoms. The van der Waals surface area contributed by atoms with Gasteiger partial charge in [-0.15, -0.1) is 0 Å². The Kier molecular flexibility index (Phi) is 3.84. The molecule has 0 spiro atoms. The van der Waals surface area contributed by atoms with E-state index in [1.54, 1.807) is 13.3 Å². The molecule has 0 atom stereocenters. The minimum absolute atomic E-state index is 0.822. The fourth-order valence-corrected chi connectivity index (χ4v) is 0.208. The molecule has 0 aromatic heterocycles. The quantitative estimate of drug-likeness (QED) is 0.302. The minimum atomic E-state index is 0.822. The van der Waals surface area contributed by atoms with Crippen molar-refractivity contribution in [1.82, 2.24) is 5.43 Å². The van der Waals surface area contributed by atoms with Crippen molar-refractivity contribution in [2.45, 2.75) is 13.8 Å². The van der Waals surface area contributed by atoms with Crippen molar-refractivity contribution < 1.29 is 0 Å². The zero-order chi connectivity index (χ0) is 6.41. The molecule has 0 aliphatic rings. The van der Waals surface area contributed by atoms with Gasteiger partial charge in [-0.1, -0.05) is 0 Å². The predicted octanol–water partition coefficient (Wildman–Crippen LogP) is 0.630. The largest absolute Gasteiger partial charge is 0.275 e. The highest BCUT2D eigenvalue weighted by Gasteiger charge is 1.76. The molecule has 0 amide bonds. The summed E-state index contributed by atoms with van der Waals surface area (Å²) in [4.78, 5) is 3.82. The van der Waals surface area contributed by atoms with Crippen LogP contribution in [0.4, 0.5) is 0 Å². The predicted molar refractivity (Wildman–Crippen MR) is 36.3 cm³/mol. The summed E-state index contributed by atoms with van der Waals surface area (Å²) < 4.78 is 0. The van der Waals surface area contributed by atoms with E-state index < -0.39 is 0 Å². The van der Waals surface area contributed by atoms with Crippen LogP contribution in [0.3, 0.4) is 0 Å². The average molecular weight is 113 g/mol. The first kappa shape index (κ1) is 7.14. The first-order valence-corrected chi connectivity index (χ1v) is 2.48. The Bertz CT molecular complexity index is 104. The molecule has 0 radical (unpaired) electrons. The molecule has 0 bridgehead atoms. The number of nitrogens with one attached hydrogen (secondary N) is 1. The molecule has 0 aromatic rings. The number of hydrogen-bond acceptors (Lipinski definition) is 2. The lowest BCUT2D eigenvalue weighted by molar-refractivity contribution is 1.01. The van der Waals surface area contributed by atoms with Crippen LogP contribution < -0.4 is 5.43 Å². The second-order valence-electron chi connectivity index (χ2n) is 1.31. The summed E-state index contributed by atoms with van der Waals surface area (Å²) in [5.74, 6) is 0.822. The van der Waals surface area contributed by atoms with Crippen LogP contribution in [0.25, 0.3) is 0 Å². The Balaban J connectivity index is 3.40. The molecule has 0 rings (SSSR count). The van der Waals surface area contributed by atoms with E-state index in [1.807, 2.05) is 13.8 Å². The molecule has 0 heterocycles. The molecule has 3 heteroatoms. The zero-order valence-corrected chi connectivity index (χ0v) is 5.47. The van der Waals surface area contributed by atoms with Crippen molar-refractivity contribution in [3.63, 3.8) is 0 Å². The second kappa shape index (κ2) is 4.30. The van der Waals surface area contributed by atoms with Gasteiger partial charge in [0, 0.05) is 13.3 Å². The number of hydrogen-bond donors (Lipinski definition) is 1. The van der Waals surface area contributed by atoms with Crippen molar-refractivity contribution in [1.29, 1.82) is 0 Å². The third-order valence-electron chi connectivity index (χ3n) is 0.691. The Hall–Kier alpha value is -0.860. The third kappa shape index (κ3) is 3.33. The van der Waals surface area contributed by atoms with E-state index in [1.165, 1.54) is 0 Å². The van der Waals surface area contributed by atoms with Crippen molar-refractivity contribution in [2.75, 3.05) is 7.05 Å². The lowest BCUT2D eigenvalue weighted by Crippen LogP contribution is -2.12. The van der Waals surface area contributed by atoms with Crippen LogP contribution in [0, 0.1) is 0 Å². The molecule has 0 fully saturated rings. The second-order valence-corrected chi connectivity index (χ2v) is 1.31. The molecule has 3 nitrogen and oxygen atoms in total. The smallest absolute Gasteiger partial charge is 0.113 e. The lowest BCUT2D eigenvalue weighted by Gasteiger charge is -1.92. The first-order chi connectivity index (χ1) is 3.81. The van der Waals surface area contributed by atoms with Crippen LogP contribution >= 0.6 is 0 Å². The SMILES string of the molecule is CC=NN/C(C)=N\C. The van der Waals surface area contributed by atoms with Gasteiger partial charge in [-0.25, -0.2) is 0 Å². The van der Waals surface area contributed by atoms with Gasteiger partial charge in [0.1, 0.15) is 5.84 Å². The van der Waals surface area contributed by atoms with Gasteiger partial charge in [0.25, 0.3) is 0 Å². The highest BCUT2D eigenvalue weighted by atomic mass is 15.3. The summed E-state index contributed by atoms with van der Waals surface area (Å²) in [6, 6.07) is 0. The lowest BCUT2D eigenvalue weighted by atomic mass is 10.7. The molecule has 0 aliphatic heterocycles. The highest BCUT2D eigenvalue weighted by molar-refractivity contribution is 5.79. The minimum Gasteiger partial charge on any atom is -0.275 e. The molecule has 0 aliphatic carbocycles. The Morgan fingerprint density at radius 1 is 1.62 bits per heavy atom. The van der Waals surface area contributed by atoms with E-state index in [2.05, 4.69) is 15.5 Å². The molecule has 0 unspecified atom stereocenters. The standard InChI is InChI=1S/C5H11N3/c1-4-7-8-5(2)6-3/h4H,1-3H3,(H,6,8). The van der Waals surface area contributed by atoms with Gasteiger partial charge >= 0.3 is 0 Å². The summed E-state index contributed by atoms with van der Waals surface area (Å²) in [7, 11) is 1.72. The zero-order valence-electron chi connectivity index (χ0n) is 5.47. The highest BCUT2D eigenvalue weighted by Crippen LogP contribution is 1.65. The van der Waals surface area contributed by atoms with E-state index in [0.717, 1.165) is 5.84 Å². The van der Waals surface area contributed by atoms with Crippen LogP contribution in [-0.2, 0) is 0 Å². The van der Waals surface area contributed by atoms with Crippen molar-refractivity contribution >= 4 is 12.1 Å². The monoisotopic (exact) mass is 113 g/mol. The molecule has 0 saturated heterocycles. The van der Waals surface area contributed by atoms with Gasteiger partial charge in [0.2, 0.25) is 0 Å². The van der Waals surface area contributed by atoms with E-state index in [9.17, 15) is 0 Å². The van der Waals surface area contributed by atoms with E-state index in [0.29, 0.717) is 0 Å². The number of amidine groups is 1. The van der Waals surface area contributed by atoms with Gasteiger partial charge in [0.15, 0.2) is 0 Å². The molecule has 0 saturated carbocycles. The van der Waals surface area contributed by atoms with Gasteiger partial charge < -0.3 is 0 Å². The summed E-state index contributed by atoms with van der Waals surface area (Å²) in [5.41, 5.74) is 2.70. The van der Waals surface area contributed by atoms with Gasteiger partial charge in [0.05, 0.1) is 0 Å². The van der Waals surface area contributed by atoms with Gasteiger partial charge in [-0.2, -0.15) is 5.10 Å². The Labute approximate surface area is 49.5 Å². The van der Waals surface area contributed by atoms with Gasteiger partial charge in [-0.05, 0) is 13.8 Å². The maximum absolute atomic E-state index is 3.82. The third-order valence-corrected chi connectivity index (χ3v) is 0.691. The fraction of sp³-hybridized carbons (Fsp3) is 0.600. The van der Waals surface area contributed by atoms with Crippen LogP contribution in [-0.4, -0.2) is 19.1 Å². The van der Waals surface area contributed by atoms with E-state index >= 15 is 0 Å². The van der Waals surface area contributed by atoms with E-state index in [-0.39, 0.29) is 0 Å². The van der Waals surface area contributed by atoms with Crippen LogP contribution in [0.15, 0.2) is 10.1 Å². The summed E-state index contributed by atoms with van der Waals surface area (Å²) in [6.07, 6.45) is 1.68. The summed E-state index contributed by atoms with van der Waals surface area (Å²) in [6.45, 7) is 3.70. The maximum atomic E-state index is 3.82. The van der Waals surface area contributed by atoms with Gasteiger partial charge in [-0.3, -0.25) is 10.4 Å². The first-order valence-electron chi connectivity index (χ1n) is 2.48. The van der Waals surface area contributed by atoms with Crippen molar-refractivity contribution in [3.05, 3.63) is 0 Å². The topological polar surface area (TPSA) is 36.8 Å². The average Bonchev–Trinajstić information content (AvgIpc) is 1.83. The Morgan fingerprint density at radius 2 is 2.25 bits per heavy atom. The van der Waals surface area contributed by atoms with E-state index in [4.69, 9.17) is 0 Å². The number of aliphatic imine (C=N–C) groups is 1. The normalized spacial score (nSPS) is 12.6. The molecular weight excluding hydrogens is 102 g/mol.